The van der Waals surface area contributed by atoms with Gasteiger partial charge in [0, 0.05) is 11.8 Å². The summed E-state index contributed by atoms with van der Waals surface area (Å²) >= 11 is 0. The molecule has 0 bridgehead atoms. The first-order valence-electron chi connectivity index (χ1n) is 6.30. The van der Waals surface area contributed by atoms with E-state index in [1.165, 1.54) is 11.3 Å². The van der Waals surface area contributed by atoms with Gasteiger partial charge in [-0.3, -0.25) is 4.40 Å². The molecule has 0 spiro atoms. The molecule has 3 rings (SSSR count). The minimum absolute atomic E-state index is 0.417. The van der Waals surface area contributed by atoms with Crippen molar-refractivity contribution in [2.24, 2.45) is 0 Å². The average molecular weight is 236 g/mol. The summed E-state index contributed by atoms with van der Waals surface area (Å²) in [5, 5.41) is 0. The van der Waals surface area contributed by atoms with Crippen molar-refractivity contribution in [2.75, 3.05) is 0 Å². The third kappa shape index (κ3) is 1.70. The van der Waals surface area contributed by atoms with Crippen LogP contribution in [0.15, 0.2) is 54.7 Å². The molecule has 0 unspecified atom stereocenters. The van der Waals surface area contributed by atoms with Crippen LogP contribution in [0.1, 0.15) is 25.5 Å². The van der Waals surface area contributed by atoms with E-state index < -0.39 is 0 Å². The molecule has 2 heterocycles. The lowest BCUT2D eigenvalue weighted by Crippen LogP contribution is -1.93. The Labute approximate surface area is 107 Å². The van der Waals surface area contributed by atoms with Crippen LogP contribution in [-0.4, -0.2) is 9.38 Å². The van der Waals surface area contributed by atoms with Gasteiger partial charge in [-0.15, -0.1) is 0 Å². The van der Waals surface area contributed by atoms with Gasteiger partial charge < -0.3 is 0 Å². The number of fused-ring (bicyclic) bond motifs is 1. The fourth-order valence-corrected chi connectivity index (χ4v) is 2.30. The van der Waals surface area contributed by atoms with Gasteiger partial charge in [0.15, 0.2) is 0 Å². The van der Waals surface area contributed by atoms with Crippen molar-refractivity contribution in [3.05, 3.63) is 60.4 Å². The highest BCUT2D eigenvalue weighted by molar-refractivity contribution is 5.67. The number of pyridine rings is 1. The highest BCUT2D eigenvalue weighted by atomic mass is 15.0. The summed E-state index contributed by atoms with van der Waals surface area (Å²) < 4.78 is 2.17. The average Bonchev–Trinajstić information content (AvgIpc) is 2.79. The second kappa shape index (κ2) is 4.30. The van der Waals surface area contributed by atoms with Crippen molar-refractivity contribution >= 4 is 5.65 Å². The van der Waals surface area contributed by atoms with Gasteiger partial charge in [0.05, 0.1) is 11.4 Å². The van der Waals surface area contributed by atoms with E-state index in [2.05, 4.69) is 54.8 Å². The lowest BCUT2D eigenvalue weighted by Gasteiger charge is -2.07. The van der Waals surface area contributed by atoms with Crippen LogP contribution in [-0.2, 0) is 0 Å². The van der Waals surface area contributed by atoms with E-state index in [1.807, 2.05) is 18.2 Å². The maximum Gasteiger partial charge on any atom is 0.137 e. The van der Waals surface area contributed by atoms with Crippen LogP contribution in [0.3, 0.4) is 0 Å². The van der Waals surface area contributed by atoms with Crippen molar-refractivity contribution in [3.8, 4) is 11.3 Å². The van der Waals surface area contributed by atoms with Crippen LogP contribution in [0.2, 0.25) is 0 Å². The van der Waals surface area contributed by atoms with Crippen LogP contribution in [0.25, 0.3) is 16.9 Å². The Hall–Kier alpha value is -2.09. The first-order chi connectivity index (χ1) is 8.77. The quantitative estimate of drug-likeness (QED) is 0.654. The van der Waals surface area contributed by atoms with E-state index in [0.29, 0.717) is 5.92 Å². The van der Waals surface area contributed by atoms with Crippen LogP contribution in [0.4, 0.5) is 0 Å². The molecule has 2 heteroatoms. The molecule has 2 nitrogen and oxygen atoms in total. The molecule has 0 aliphatic heterocycles. The van der Waals surface area contributed by atoms with E-state index >= 15 is 0 Å². The van der Waals surface area contributed by atoms with Gasteiger partial charge in [-0.1, -0.05) is 50.2 Å². The Kier molecular flexibility index (Phi) is 2.63. The lowest BCUT2D eigenvalue weighted by atomic mass is 10.0. The first kappa shape index (κ1) is 11.0. The second-order valence-electron chi connectivity index (χ2n) is 4.80. The summed E-state index contributed by atoms with van der Waals surface area (Å²) in [5.74, 6) is 0.417. The van der Waals surface area contributed by atoms with Gasteiger partial charge in [-0.2, -0.15) is 0 Å². The molecular weight excluding hydrogens is 220 g/mol. The van der Waals surface area contributed by atoms with Crippen molar-refractivity contribution in [2.45, 2.75) is 19.8 Å². The SMILES string of the molecule is CC(C)c1nc2ccccn2c1-c1ccccc1. The maximum atomic E-state index is 4.75. The normalized spacial score (nSPS) is 11.3. The van der Waals surface area contributed by atoms with E-state index in [1.54, 1.807) is 0 Å². The van der Waals surface area contributed by atoms with E-state index in [4.69, 9.17) is 4.98 Å². The van der Waals surface area contributed by atoms with E-state index in [0.717, 1.165) is 11.3 Å². The molecule has 0 amide bonds. The molecule has 0 saturated heterocycles. The van der Waals surface area contributed by atoms with E-state index in [-0.39, 0.29) is 0 Å². The number of nitrogens with zero attached hydrogens (tertiary/aromatic N) is 2. The van der Waals surface area contributed by atoms with Gasteiger partial charge in [0.25, 0.3) is 0 Å². The molecular formula is C16H16N2. The summed E-state index contributed by atoms with van der Waals surface area (Å²) in [6, 6.07) is 16.6. The maximum absolute atomic E-state index is 4.75. The third-order valence-corrected chi connectivity index (χ3v) is 3.15. The second-order valence-corrected chi connectivity index (χ2v) is 4.80. The van der Waals surface area contributed by atoms with Crippen LogP contribution >= 0.6 is 0 Å². The summed E-state index contributed by atoms with van der Waals surface area (Å²) in [5.41, 5.74) is 4.61. The fraction of sp³-hybridized carbons (Fsp3) is 0.188. The molecule has 18 heavy (non-hydrogen) atoms. The lowest BCUT2D eigenvalue weighted by molar-refractivity contribution is 0.837. The van der Waals surface area contributed by atoms with Gasteiger partial charge >= 0.3 is 0 Å². The highest BCUT2D eigenvalue weighted by Crippen LogP contribution is 2.29. The van der Waals surface area contributed by atoms with E-state index in [9.17, 15) is 0 Å². The number of hydrogen-bond donors (Lipinski definition) is 0. The molecule has 0 fully saturated rings. The van der Waals surface area contributed by atoms with Crippen LogP contribution in [0, 0.1) is 0 Å². The monoisotopic (exact) mass is 236 g/mol. The zero-order valence-electron chi connectivity index (χ0n) is 10.7. The zero-order chi connectivity index (χ0) is 12.5. The Morgan fingerprint density at radius 3 is 2.39 bits per heavy atom. The molecule has 2 aromatic heterocycles. The van der Waals surface area contributed by atoms with Crippen LogP contribution < -0.4 is 0 Å². The van der Waals surface area contributed by atoms with Gasteiger partial charge in [-0.25, -0.2) is 4.98 Å². The number of rotatable bonds is 2. The fourth-order valence-electron chi connectivity index (χ4n) is 2.30. The summed E-state index contributed by atoms with van der Waals surface area (Å²) in [7, 11) is 0. The number of benzene rings is 1. The standard InChI is InChI=1S/C16H16N2/c1-12(2)15-16(13-8-4-3-5-9-13)18-11-7-6-10-14(18)17-15/h3-12H,1-2H3. The Morgan fingerprint density at radius 1 is 0.944 bits per heavy atom. The minimum Gasteiger partial charge on any atom is -0.299 e. The van der Waals surface area contributed by atoms with Gasteiger partial charge in [0.2, 0.25) is 0 Å². The molecule has 0 aliphatic rings. The molecule has 0 aliphatic carbocycles. The number of aromatic nitrogens is 2. The highest BCUT2D eigenvalue weighted by Gasteiger charge is 2.15. The predicted molar refractivity (Wildman–Crippen MR) is 74.7 cm³/mol. The van der Waals surface area contributed by atoms with Gasteiger partial charge in [-0.05, 0) is 18.1 Å². The number of hydrogen-bond acceptors (Lipinski definition) is 1. The summed E-state index contributed by atoms with van der Waals surface area (Å²) in [4.78, 5) is 4.75. The molecule has 3 aromatic rings. The molecule has 0 N–H and O–H groups in total. The predicted octanol–water partition coefficient (Wildman–Crippen LogP) is 4.12. The largest absolute Gasteiger partial charge is 0.299 e. The van der Waals surface area contributed by atoms with Gasteiger partial charge in [0.1, 0.15) is 5.65 Å². The van der Waals surface area contributed by atoms with Crippen molar-refractivity contribution in [1.82, 2.24) is 9.38 Å². The molecule has 0 atom stereocenters. The van der Waals surface area contributed by atoms with Crippen molar-refractivity contribution < 1.29 is 0 Å². The van der Waals surface area contributed by atoms with Crippen LogP contribution in [0.5, 0.6) is 0 Å². The summed E-state index contributed by atoms with van der Waals surface area (Å²) in [6.45, 7) is 4.38. The number of imidazole rings is 1. The Morgan fingerprint density at radius 2 is 1.67 bits per heavy atom. The van der Waals surface area contributed by atoms with Crippen molar-refractivity contribution in [3.63, 3.8) is 0 Å². The Balaban J connectivity index is 2.35. The minimum atomic E-state index is 0.417. The Bertz CT molecular complexity index is 666. The topological polar surface area (TPSA) is 17.3 Å². The molecule has 0 radical (unpaired) electrons. The molecule has 90 valence electrons. The zero-order valence-corrected chi connectivity index (χ0v) is 10.7. The molecule has 1 aromatic carbocycles. The van der Waals surface area contributed by atoms with Crippen molar-refractivity contribution in [1.29, 1.82) is 0 Å². The first-order valence-corrected chi connectivity index (χ1v) is 6.30. The molecule has 0 saturated carbocycles. The smallest absolute Gasteiger partial charge is 0.137 e. The third-order valence-electron chi connectivity index (χ3n) is 3.15. The summed E-state index contributed by atoms with van der Waals surface area (Å²) in [6.07, 6.45) is 2.08.